The summed E-state index contributed by atoms with van der Waals surface area (Å²) < 4.78 is 15.6. The summed E-state index contributed by atoms with van der Waals surface area (Å²) in [5, 5.41) is 3.42. The second-order valence-corrected chi connectivity index (χ2v) is 6.07. The summed E-state index contributed by atoms with van der Waals surface area (Å²) in [6, 6.07) is 5.49. The Morgan fingerprint density at radius 1 is 1.29 bits per heavy atom. The molecule has 1 heterocycles. The SMILES string of the molecule is CNC1CCCCc2cn(Cc3cc(F)ccc3C)cc21. The highest BCUT2D eigenvalue weighted by atomic mass is 19.1. The van der Waals surface area contributed by atoms with Crippen LogP contribution in [0.15, 0.2) is 30.6 Å². The predicted molar refractivity (Wildman–Crippen MR) is 84.0 cm³/mol. The van der Waals surface area contributed by atoms with Gasteiger partial charge >= 0.3 is 0 Å². The highest BCUT2D eigenvalue weighted by Gasteiger charge is 2.19. The Balaban J connectivity index is 1.89. The van der Waals surface area contributed by atoms with Gasteiger partial charge in [-0.25, -0.2) is 4.39 Å². The third kappa shape index (κ3) is 3.03. The molecule has 1 atom stereocenters. The lowest BCUT2D eigenvalue weighted by molar-refractivity contribution is 0.531. The van der Waals surface area contributed by atoms with E-state index in [1.807, 2.05) is 20.0 Å². The summed E-state index contributed by atoms with van der Waals surface area (Å²) in [5.41, 5.74) is 5.07. The number of nitrogens with one attached hydrogen (secondary N) is 1. The fourth-order valence-corrected chi connectivity index (χ4v) is 3.31. The van der Waals surface area contributed by atoms with Gasteiger partial charge in [0.15, 0.2) is 0 Å². The van der Waals surface area contributed by atoms with E-state index in [-0.39, 0.29) is 5.82 Å². The lowest BCUT2D eigenvalue weighted by Gasteiger charge is -2.13. The number of aromatic nitrogens is 1. The van der Waals surface area contributed by atoms with Crippen molar-refractivity contribution in [3.05, 3.63) is 58.7 Å². The van der Waals surface area contributed by atoms with Crippen LogP contribution in [-0.2, 0) is 13.0 Å². The normalized spacial score (nSPS) is 18.3. The number of halogens is 1. The minimum absolute atomic E-state index is 0.155. The Morgan fingerprint density at radius 3 is 2.95 bits per heavy atom. The van der Waals surface area contributed by atoms with E-state index in [9.17, 15) is 4.39 Å². The van der Waals surface area contributed by atoms with Gasteiger partial charge < -0.3 is 9.88 Å². The molecule has 1 aliphatic rings. The molecule has 1 unspecified atom stereocenters. The van der Waals surface area contributed by atoms with E-state index in [1.165, 1.54) is 36.5 Å². The van der Waals surface area contributed by atoms with Gasteiger partial charge in [0, 0.05) is 25.0 Å². The Kier molecular flexibility index (Phi) is 4.11. The first-order valence-corrected chi connectivity index (χ1v) is 7.78. The van der Waals surface area contributed by atoms with Gasteiger partial charge in [-0.1, -0.05) is 12.5 Å². The lowest BCUT2D eigenvalue weighted by atomic mass is 10.1. The van der Waals surface area contributed by atoms with Crippen molar-refractivity contribution in [3.8, 4) is 0 Å². The van der Waals surface area contributed by atoms with Crippen molar-refractivity contribution in [1.29, 1.82) is 0 Å². The Morgan fingerprint density at radius 2 is 2.14 bits per heavy atom. The molecule has 0 radical (unpaired) electrons. The molecular formula is C18H23FN2. The number of nitrogens with zero attached hydrogens (tertiary/aromatic N) is 1. The van der Waals surface area contributed by atoms with Gasteiger partial charge in [0.2, 0.25) is 0 Å². The third-order valence-electron chi connectivity index (χ3n) is 4.57. The molecule has 0 saturated carbocycles. The molecule has 2 aromatic rings. The van der Waals surface area contributed by atoms with Crippen molar-refractivity contribution in [1.82, 2.24) is 9.88 Å². The number of fused-ring (bicyclic) bond motifs is 1. The zero-order valence-electron chi connectivity index (χ0n) is 12.8. The van der Waals surface area contributed by atoms with Gasteiger partial charge in [-0.15, -0.1) is 0 Å². The van der Waals surface area contributed by atoms with Crippen LogP contribution < -0.4 is 5.32 Å². The van der Waals surface area contributed by atoms with Crippen LogP contribution in [0.5, 0.6) is 0 Å². The average molecular weight is 286 g/mol. The van der Waals surface area contributed by atoms with Gasteiger partial charge in [0.05, 0.1) is 0 Å². The van der Waals surface area contributed by atoms with Crippen molar-refractivity contribution in [2.75, 3.05) is 7.05 Å². The van der Waals surface area contributed by atoms with E-state index in [1.54, 1.807) is 6.07 Å². The van der Waals surface area contributed by atoms with Crippen molar-refractivity contribution in [3.63, 3.8) is 0 Å². The number of hydrogen-bond acceptors (Lipinski definition) is 1. The van der Waals surface area contributed by atoms with Gasteiger partial charge in [-0.05, 0) is 67.6 Å². The smallest absolute Gasteiger partial charge is 0.123 e. The summed E-state index contributed by atoms with van der Waals surface area (Å²) in [5.74, 6) is -0.155. The molecule has 1 aromatic heterocycles. The van der Waals surface area contributed by atoms with Crippen LogP contribution in [0.1, 0.15) is 47.6 Å². The van der Waals surface area contributed by atoms with Gasteiger partial charge in [0.25, 0.3) is 0 Å². The van der Waals surface area contributed by atoms with Crippen molar-refractivity contribution in [2.24, 2.45) is 0 Å². The Bertz CT molecular complexity index is 630. The molecule has 112 valence electrons. The molecule has 3 rings (SSSR count). The first-order valence-electron chi connectivity index (χ1n) is 7.78. The topological polar surface area (TPSA) is 17.0 Å². The number of aryl methyl sites for hydroxylation is 2. The van der Waals surface area contributed by atoms with E-state index in [0.29, 0.717) is 6.04 Å². The minimum Gasteiger partial charge on any atom is -0.349 e. The maximum absolute atomic E-state index is 13.4. The number of rotatable bonds is 3. The van der Waals surface area contributed by atoms with Crippen LogP contribution >= 0.6 is 0 Å². The van der Waals surface area contributed by atoms with Crippen LogP contribution in [0.3, 0.4) is 0 Å². The third-order valence-corrected chi connectivity index (χ3v) is 4.57. The highest BCUT2D eigenvalue weighted by Crippen LogP contribution is 2.29. The lowest BCUT2D eigenvalue weighted by Crippen LogP contribution is -2.15. The quantitative estimate of drug-likeness (QED) is 0.845. The maximum atomic E-state index is 13.4. The van der Waals surface area contributed by atoms with Gasteiger partial charge in [-0.2, -0.15) is 0 Å². The van der Waals surface area contributed by atoms with E-state index in [0.717, 1.165) is 24.1 Å². The second-order valence-electron chi connectivity index (χ2n) is 6.07. The van der Waals surface area contributed by atoms with E-state index >= 15 is 0 Å². The van der Waals surface area contributed by atoms with Crippen LogP contribution in [0.2, 0.25) is 0 Å². The van der Waals surface area contributed by atoms with Crippen LogP contribution in [0.25, 0.3) is 0 Å². The molecule has 0 bridgehead atoms. The maximum Gasteiger partial charge on any atom is 0.123 e. The standard InChI is InChI=1S/C18H23FN2/c1-13-7-8-16(19)9-15(13)11-21-10-14-5-3-4-6-18(20-2)17(14)12-21/h7-10,12,18,20H,3-6,11H2,1-2H3. The van der Waals surface area contributed by atoms with Gasteiger partial charge in [0.1, 0.15) is 5.82 Å². The van der Waals surface area contributed by atoms with Crippen molar-refractivity contribution in [2.45, 2.75) is 45.2 Å². The Labute approximate surface area is 126 Å². The molecule has 21 heavy (non-hydrogen) atoms. The molecule has 3 heteroatoms. The number of hydrogen-bond donors (Lipinski definition) is 1. The van der Waals surface area contributed by atoms with Gasteiger partial charge in [-0.3, -0.25) is 0 Å². The largest absolute Gasteiger partial charge is 0.349 e. The fourth-order valence-electron chi connectivity index (χ4n) is 3.31. The highest BCUT2D eigenvalue weighted by molar-refractivity contribution is 5.32. The molecule has 0 fully saturated rings. The molecule has 2 nitrogen and oxygen atoms in total. The Hall–Kier alpha value is -1.61. The fraction of sp³-hybridized carbons (Fsp3) is 0.444. The van der Waals surface area contributed by atoms with Crippen LogP contribution in [-0.4, -0.2) is 11.6 Å². The zero-order valence-corrected chi connectivity index (χ0v) is 12.8. The summed E-state index contributed by atoms with van der Waals surface area (Å²) >= 11 is 0. The number of benzene rings is 1. The molecule has 1 N–H and O–H groups in total. The molecule has 0 amide bonds. The zero-order chi connectivity index (χ0) is 14.8. The summed E-state index contributed by atoms with van der Waals surface area (Å²) in [6.45, 7) is 2.78. The predicted octanol–water partition coefficient (Wildman–Crippen LogP) is 3.97. The van der Waals surface area contributed by atoms with Crippen LogP contribution in [0, 0.1) is 12.7 Å². The second kappa shape index (κ2) is 6.02. The van der Waals surface area contributed by atoms with Crippen molar-refractivity contribution >= 4 is 0 Å². The van der Waals surface area contributed by atoms with E-state index in [4.69, 9.17) is 0 Å². The first kappa shape index (κ1) is 14.3. The molecule has 1 aliphatic carbocycles. The van der Waals surface area contributed by atoms with Crippen LogP contribution in [0.4, 0.5) is 4.39 Å². The van der Waals surface area contributed by atoms with Crippen molar-refractivity contribution < 1.29 is 4.39 Å². The average Bonchev–Trinajstić information content (AvgIpc) is 2.76. The molecule has 1 aromatic carbocycles. The summed E-state index contributed by atoms with van der Waals surface area (Å²) in [6.07, 6.45) is 9.38. The van der Waals surface area contributed by atoms with E-state index < -0.39 is 0 Å². The molecule has 0 aliphatic heterocycles. The molecule has 0 spiro atoms. The first-order chi connectivity index (χ1) is 10.2. The van der Waals surface area contributed by atoms with E-state index in [2.05, 4.69) is 22.3 Å². The summed E-state index contributed by atoms with van der Waals surface area (Å²) in [4.78, 5) is 0. The minimum atomic E-state index is -0.155. The monoisotopic (exact) mass is 286 g/mol. The summed E-state index contributed by atoms with van der Waals surface area (Å²) in [7, 11) is 2.04. The molecule has 0 saturated heterocycles. The molecular weight excluding hydrogens is 263 g/mol.